The number of hydrogen-bond donors (Lipinski definition) is 3. The molecule has 1 saturated heterocycles. The molecule has 156 valence electrons. The Kier molecular flexibility index (Phi) is 6.41. The second-order valence-electron chi connectivity index (χ2n) is 7.27. The molecule has 3 rings (SSSR count). The Morgan fingerprint density at radius 3 is 2.48 bits per heavy atom. The number of sulfonamides is 1. The third kappa shape index (κ3) is 5.06. The van der Waals surface area contributed by atoms with E-state index in [1.54, 1.807) is 24.3 Å². The molecule has 0 radical (unpaired) electrons. The number of carbonyl (C=O) groups is 1. The van der Waals surface area contributed by atoms with Crippen LogP contribution < -0.4 is 15.1 Å². The number of phenolic OH excluding ortho intramolecular Hbond substituents is 1. The van der Waals surface area contributed by atoms with E-state index in [1.165, 1.54) is 26.2 Å². The summed E-state index contributed by atoms with van der Waals surface area (Å²) in [5.41, 5.74) is 1.28. The standard InChI is InChI=1S/C20H26N4O4S/c1-22(2)29(27,28)17-7-5-6-16(14-17)21-20(26)15-23-10-12-24(13-11-23)18-8-3-4-9-19(18)25/h3-9,14,25H,10-13,15H2,1-2H3,(H,21,26)/p+1. The van der Waals surface area contributed by atoms with E-state index >= 15 is 0 Å². The van der Waals surface area contributed by atoms with Crippen LogP contribution in [0.4, 0.5) is 11.4 Å². The molecule has 0 spiro atoms. The van der Waals surface area contributed by atoms with E-state index in [-0.39, 0.29) is 16.6 Å². The fourth-order valence-electron chi connectivity index (χ4n) is 3.35. The number of phenols is 1. The number of amides is 1. The maximum absolute atomic E-state index is 12.4. The SMILES string of the molecule is CN(C)S(=O)(=O)c1cccc(NC(=O)C[NH+]2CCN(c3ccccc3O)CC2)c1. The van der Waals surface area contributed by atoms with E-state index in [9.17, 15) is 18.3 Å². The Morgan fingerprint density at radius 2 is 1.83 bits per heavy atom. The average molecular weight is 420 g/mol. The van der Waals surface area contributed by atoms with Crippen LogP contribution in [-0.4, -0.2) is 70.6 Å². The van der Waals surface area contributed by atoms with E-state index < -0.39 is 10.0 Å². The summed E-state index contributed by atoms with van der Waals surface area (Å²) in [5.74, 6) is 0.108. The Labute approximate surface area is 171 Å². The van der Waals surface area contributed by atoms with Gasteiger partial charge in [-0.2, -0.15) is 0 Å². The lowest BCUT2D eigenvalue weighted by Crippen LogP contribution is -3.15. The molecule has 1 aliphatic heterocycles. The maximum Gasteiger partial charge on any atom is 0.279 e. The molecule has 0 atom stereocenters. The van der Waals surface area contributed by atoms with Crippen molar-refractivity contribution in [1.29, 1.82) is 0 Å². The number of anilines is 2. The average Bonchev–Trinajstić information content (AvgIpc) is 2.69. The number of hydrogen-bond acceptors (Lipinski definition) is 5. The molecule has 1 heterocycles. The fraction of sp³-hybridized carbons (Fsp3) is 0.350. The lowest BCUT2D eigenvalue weighted by molar-refractivity contribution is -0.892. The second-order valence-corrected chi connectivity index (χ2v) is 9.42. The number of piperazine rings is 1. The first kappa shape index (κ1) is 21.1. The predicted molar refractivity (Wildman–Crippen MR) is 112 cm³/mol. The molecule has 0 unspecified atom stereocenters. The maximum atomic E-state index is 12.4. The molecule has 0 saturated carbocycles. The number of quaternary nitrogens is 1. The molecular weight excluding hydrogens is 392 g/mol. The zero-order valence-electron chi connectivity index (χ0n) is 16.6. The summed E-state index contributed by atoms with van der Waals surface area (Å²) < 4.78 is 25.6. The smallest absolute Gasteiger partial charge is 0.279 e. The van der Waals surface area contributed by atoms with E-state index in [0.29, 0.717) is 12.2 Å². The van der Waals surface area contributed by atoms with Gasteiger partial charge in [0.2, 0.25) is 10.0 Å². The van der Waals surface area contributed by atoms with Gasteiger partial charge in [-0.05, 0) is 30.3 Å². The molecule has 3 N–H and O–H groups in total. The van der Waals surface area contributed by atoms with Gasteiger partial charge in [0.1, 0.15) is 5.75 Å². The first-order chi connectivity index (χ1) is 13.8. The molecule has 1 aliphatic rings. The van der Waals surface area contributed by atoms with Crippen LogP contribution in [0, 0.1) is 0 Å². The molecule has 2 aromatic carbocycles. The van der Waals surface area contributed by atoms with Gasteiger partial charge in [0.05, 0.1) is 36.8 Å². The van der Waals surface area contributed by atoms with Crippen LogP contribution in [0.25, 0.3) is 0 Å². The van der Waals surface area contributed by atoms with Crippen LogP contribution in [0.1, 0.15) is 0 Å². The number of nitrogens with zero attached hydrogens (tertiary/aromatic N) is 2. The van der Waals surface area contributed by atoms with Gasteiger partial charge in [-0.3, -0.25) is 4.79 Å². The van der Waals surface area contributed by atoms with E-state index in [1.807, 2.05) is 12.1 Å². The number of para-hydroxylation sites is 2. The van der Waals surface area contributed by atoms with Crippen molar-refractivity contribution in [3.63, 3.8) is 0 Å². The molecule has 9 heteroatoms. The van der Waals surface area contributed by atoms with Crippen molar-refractivity contribution < 1.29 is 23.2 Å². The summed E-state index contributed by atoms with van der Waals surface area (Å²) in [6, 6.07) is 13.5. The minimum atomic E-state index is -3.55. The van der Waals surface area contributed by atoms with Gasteiger partial charge in [0, 0.05) is 19.8 Å². The van der Waals surface area contributed by atoms with Crippen molar-refractivity contribution >= 4 is 27.3 Å². The van der Waals surface area contributed by atoms with Crippen molar-refractivity contribution in [2.75, 3.05) is 57.0 Å². The summed E-state index contributed by atoms with van der Waals surface area (Å²) in [7, 11) is -0.606. The third-order valence-corrected chi connectivity index (χ3v) is 6.81. The van der Waals surface area contributed by atoms with Crippen molar-refractivity contribution in [2.24, 2.45) is 0 Å². The van der Waals surface area contributed by atoms with Crippen LogP contribution in [0.2, 0.25) is 0 Å². The highest BCUT2D eigenvalue weighted by molar-refractivity contribution is 7.89. The van der Waals surface area contributed by atoms with Crippen LogP contribution in [0.3, 0.4) is 0 Å². The lowest BCUT2D eigenvalue weighted by atomic mass is 10.2. The summed E-state index contributed by atoms with van der Waals surface area (Å²) in [5, 5.41) is 12.8. The number of aromatic hydroxyl groups is 1. The molecule has 2 aromatic rings. The summed E-state index contributed by atoms with van der Waals surface area (Å²) in [4.78, 5) is 15.8. The zero-order valence-corrected chi connectivity index (χ0v) is 17.4. The first-order valence-corrected chi connectivity index (χ1v) is 10.9. The monoisotopic (exact) mass is 419 g/mol. The van der Waals surface area contributed by atoms with Crippen molar-refractivity contribution in [3.8, 4) is 5.75 Å². The van der Waals surface area contributed by atoms with Crippen LogP contribution in [0.15, 0.2) is 53.4 Å². The highest BCUT2D eigenvalue weighted by Crippen LogP contribution is 2.26. The third-order valence-electron chi connectivity index (χ3n) is 5.00. The normalized spacial score (nSPS) is 15.5. The number of nitrogens with one attached hydrogen (secondary N) is 2. The Hall–Kier alpha value is -2.62. The number of rotatable bonds is 6. The Bertz CT molecular complexity index is 970. The Balaban J connectivity index is 1.55. The van der Waals surface area contributed by atoms with Gasteiger partial charge in [0.25, 0.3) is 5.91 Å². The number of benzene rings is 2. The minimum Gasteiger partial charge on any atom is -0.506 e. The van der Waals surface area contributed by atoms with E-state index in [4.69, 9.17) is 0 Å². The van der Waals surface area contributed by atoms with Crippen molar-refractivity contribution in [3.05, 3.63) is 48.5 Å². The highest BCUT2D eigenvalue weighted by Gasteiger charge is 2.24. The van der Waals surface area contributed by atoms with E-state index in [2.05, 4.69) is 10.2 Å². The first-order valence-electron chi connectivity index (χ1n) is 9.46. The minimum absolute atomic E-state index is 0.143. The molecule has 8 nitrogen and oxygen atoms in total. The number of carbonyl (C=O) groups excluding carboxylic acids is 1. The van der Waals surface area contributed by atoms with Gasteiger partial charge >= 0.3 is 0 Å². The zero-order chi connectivity index (χ0) is 21.0. The summed E-state index contributed by atoms with van der Waals surface area (Å²) in [6.07, 6.45) is 0. The molecule has 0 aromatic heterocycles. The molecule has 0 aliphatic carbocycles. The Morgan fingerprint density at radius 1 is 1.14 bits per heavy atom. The molecule has 1 amide bonds. The predicted octanol–water partition coefficient (Wildman–Crippen LogP) is -0.0139. The quantitative estimate of drug-likeness (QED) is 0.612. The highest BCUT2D eigenvalue weighted by atomic mass is 32.2. The molecule has 29 heavy (non-hydrogen) atoms. The molecule has 0 bridgehead atoms. The second kappa shape index (κ2) is 8.81. The van der Waals surface area contributed by atoms with E-state index in [0.717, 1.165) is 41.1 Å². The fourth-order valence-corrected chi connectivity index (χ4v) is 4.30. The molecular formula is C20H27N4O4S+. The van der Waals surface area contributed by atoms with Crippen LogP contribution in [0.5, 0.6) is 5.75 Å². The van der Waals surface area contributed by atoms with Gasteiger partial charge in [-0.15, -0.1) is 0 Å². The van der Waals surface area contributed by atoms with Gasteiger partial charge < -0.3 is 20.2 Å². The van der Waals surface area contributed by atoms with Gasteiger partial charge in [0.15, 0.2) is 6.54 Å². The van der Waals surface area contributed by atoms with Crippen molar-refractivity contribution in [2.45, 2.75) is 4.90 Å². The van der Waals surface area contributed by atoms with Crippen LogP contribution >= 0.6 is 0 Å². The molecule has 1 fully saturated rings. The largest absolute Gasteiger partial charge is 0.506 e. The summed E-state index contributed by atoms with van der Waals surface area (Å²) >= 11 is 0. The summed E-state index contributed by atoms with van der Waals surface area (Å²) in [6.45, 7) is 3.35. The van der Waals surface area contributed by atoms with Crippen molar-refractivity contribution in [1.82, 2.24) is 4.31 Å². The van der Waals surface area contributed by atoms with Gasteiger partial charge in [-0.1, -0.05) is 18.2 Å². The van der Waals surface area contributed by atoms with Crippen LogP contribution in [-0.2, 0) is 14.8 Å². The topological polar surface area (TPSA) is 94.4 Å². The van der Waals surface area contributed by atoms with Gasteiger partial charge in [-0.25, -0.2) is 12.7 Å². The lowest BCUT2D eigenvalue weighted by Gasteiger charge is -2.33.